The lowest BCUT2D eigenvalue weighted by atomic mass is 9.87. The molecule has 0 fully saturated rings. The summed E-state index contributed by atoms with van der Waals surface area (Å²) >= 11 is 0. The van der Waals surface area contributed by atoms with E-state index in [9.17, 15) is 9.59 Å². The molecule has 0 spiro atoms. The summed E-state index contributed by atoms with van der Waals surface area (Å²) in [6, 6.07) is 7.94. The Balaban J connectivity index is 2.52. The molecule has 1 atom stereocenters. The van der Waals surface area contributed by atoms with E-state index in [2.05, 4.69) is 5.32 Å². The lowest BCUT2D eigenvalue weighted by Crippen LogP contribution is -2.50. The van der Waals surface area contributed by atoms with Crippen molar-refractivity contribution in [1.82, 2.24) is 5.32 Å². The van der Waals surface area contributed by atoms with Crippen LogP contribution in [0, 0.1) is 5.41 Å². The van der Waals surface area contributed by atoms with Crippen LogP contribution in [0.25, 0.3) is 0 Å². The Morgan fingerprint density at radius 2 is 1.84 bits per heavy atom. The third kappa shape index (κ3) is 4.99. The van der Waals surface area contributed by atoms with E-state index in [1.54, 1.807) is 45.0 Å². The molecule has 19 heavy (non-hydrogen) atoms. The highest BCUT2D eigenvalue weighted by Crippen LogP contribution is 2.19. The first-order valence-electron chi connectivity index (χ1n) is 6.00. The Morgan fingerprint density at radius 3 is 2.32 bits per heavy atom. The topological polar surface area (TPSA) is 75.6 Å². The van der Waals surface area contributed by atoms with Gasteiger partial charge >= 0.3 is 5.97 Å². The second kappa shape index (κ2) is 6.22. The fourth-order valence-corrected chi connectivity index (χ4v) is 1.52. The maximum absolute atomic E-state index is 11.7. The van der Waals surface area contributed by atoms with Gasteiger partial charge in [0.05, 0.1) is 0 Å². The zero-order valence-corrected chi connectivity index (χ0v) is 11.3. The monoisotopic (exact) mass is 265 g/mol. The lowest BCUT2D eigenvalue weighted by molar-refractivity contribution is -0.145. The van der Waals surface area contributed by atoms with E-state index in [1.165, 1.54) is 0 Å². The van der Waals surface area contributed by atoms with Crippen molar-refractivity contribution in [3.05, 3.63) is 30.3 Å². The molecule has 5 heteroatoms. The van der Waals surface area contributed by atoms with E-state index in [0.29, 0.717) is 5.75 Å². The van der Waals surface area contributed by atoms with Crippen LogP contribution in [-0.2, 0) is 9.59 Å². The van der Waals surface area contributed by atoms with E-state index < -0.39 is 23.3 Å². The van der Waals surface area contributed by atoms with Gasteiger partial charge in [-0.1, -0.05) is 39.0 Å². The van der Waals surface area contributed by atoms with Gasteiger partial charge in [0.2, 0.25) is 0 Å². The van der Waals surface area contributed by atoms with Gasteiger partial charge in [0.25, 0.3) is 5.91 Å². The number of carboxylic acids is 1. The van der Waals surface area contributed by atoms with Crippen LogP contribution in [0.4, 0.5) is 0 Å². The molecule has 104 valence electrons. The molecule has 0 saturated heterocycles. The van der Waals surface area contributed by atoms with Crippen LogP contribution < -0.4 is 10.1 Å². The van der Waals surface area contributed by atoms with Crippen LogP contribution in [0.15, 0.2) is 30.3 Å². The minimum absolute atomic E-state index is 0.204. The highest BCUT2D eigenvalue weighted by Gasteiger charge is 2.32. The molecule has 0 aliphatic heterocycles. The van der Waals surface area contributed by atoms with Crippen molar-refractivity contribution >= 4 is 11.9 Å². The lowest BCUT2D eigenvalue weighted by Gasteiger charge is -2.27. The first-order valence-corrected chi connectivity index (χ1v) is 6.00. The van der Waals surface area contributed by atoms with Crippen LogP contribution in [0.5, 0.6) is 5.75 Å². The molecule has 2 N–H and O–H groups in total. The second-order valence-electron chi connectivity index (χ2n) is 5.31. The number of hydrogen-bond acceptors (Lipinski definition) is 3. The van der Waals surface area contributed by atoms with Crippen molar-refractivity contribution in [3.8, 4) is 5.75 Å². The highest BCUT2D eigenvalue weighted by molar-refractivity contribution is 5.84. The number of para-hydroxylation sites is 1. The number of carbonyl (C=O) groups excluding carboxylic acids is 1. The fourth-order valence-electron chi connectivity index (χ4n) is 1.52. The molecule has 1 amide bonds. The van der Waals surface area contributed by atoms with Gasteiger partial charge in [0.15, 0.2) is 6.61 Å². The molecule has 0 bridgehead atoms. The summed E-state index contributed by atoms with van der Waals surface area (Å²) < 4.78 is 5.26. The number of carbonyl (C=O) groups is 2. The summed E-state index contributed by atoms with van der Waals surface area (Å²) in [5.41, 5.74) is -0.561. The van der Waals surface area contributed by atoms with E-state index >= 15 is 0 Å². The summed E-state index contributed by atoms with van der Waals surface area (Å²) in [5, 5.41) is 11.6. The van der Waals surface area contributed by atoms with Crippen molar-refractivity contribution in [1.29, 1.82) is 0 Å². The number of benzene rings is 1. The van der Waals surface area contributed by atoms with Gasteiger partial charge in [-0.15, -0.1) is 0 Å². The Labute approximate surface area is 112 Å². The standard InChI is InChI=1S/C14H19NO4/c1-14(2,3)12(13(17)18)15-11(16)9-19-10-7-5-4-6-8-10/h4-8,12H,9H2,1-3H3,(H,15,16)(H,17,18)/t12-/m0/s1. The molecule has 0 aliphatic carbocycles. The quantitative estimate of drug-likeness (QED) is 0.849. The molecule has 0 unspecified atom stereocenters. The van der Waals surface area contributed by atoms with Gasteiger partial charge in [-0.05, 0) is 17.5 Å². The fraction of sp³-hybridized carbons (Fsp3) is 0.429. The van der Waals surface area contributed by atoms with Crippen molar-refractivity contribution in [3.63, 3.8) is 0 Å². The minimum atomic E-state index is -1.06. The maximum Gasteiger partial charge on any atom is 0.326 e. The predicted octanol–water partition coefficient (Wildman–Crippen LogP) is 1.68. The molecular formula is C14H19NO4. The van der Waals surface area contributed by atoms with Gasteiger partial charge in [0.1, 0.15) is 11.8 Å². The maximum atomic E-state index is 11.7. The SMILES string of the molecule is CC(C)(C)[C@@H](NC(=O)COc1ccccc1)C(=O)O. The summed E-state index contributed by atoms with van der Waals surface area (Å²) in [5.74, 6) is -0.938. The molecule has 0 aromatic heterocycles. The average molecular weight is 265 g/mol. The first kappa shape index (κ1) is 15.0. The second-order valence-corrected chi connectivity index (χ2v) is 5.31. The summed E-state index contributed by atoms with van der Waals surface area (Å²) in [7, 11) is 0. The van der Waals surface area contributed by atoms with E-state index in [0.717, 1.165) is 0 Å². The van der Waals surface area contributed by atoms with Crippen LogP contribution in [0.3, 0.4) is 0 Å². The predicted molar refractivity (Wildman–Crippen MR) is 71.0 cm³/mol. The van der Waals surface area contributed by atoms with Crippen LogP contribution in [0.2, 0.25) is 0 Å². The molecular weight excluding hydrogens is 246 g/mol. The van der Waals surface area contributed by atoms with Gasteiger partial charge in [-0.3, -0.25) is 4.79 Å². The van der Waals surface area contributed by atoms with Crippen molar-refractivity contribution < 1.29 is 19.4 Å². The van der Waals surface area contributed by atoms with E-state index in [-0.39, 0.29) is 6.61 Å². The Hall–Kier alpha value is -2.04. The average Bonchev–Trinajstić information content (AvgIpc) is 2.33. The van der Waals surface area contributed by atoms with E-state index in [4.69, 9.17) is 9.84 Å². The number of aliphatic carboxylic acids is 1. The molecule has 5 nitrogen and oxygen atoms in total. The molecule has 1 aromatic carbocycles. The number of nitrogens with one attached hydrogen (secondary N) is 1. The largest absolute Gasteiger partial charge is 0.484 e. The molecule has 0 saturated carbocycles. The third-order valence-electron chi connectivity index (χ3n) is 2.53. The Morgan fingerprint density at radius 1 is 1.26 bits per heavy atom. The molecule has 0 aliphatic rings. The van der Waals surface area contributed by atoms with Crippen molar-refractivity contribution in [2.75, 3.05) is 6.61 Å². The van der Waals surface area contributed by atoms with Gasteiger partial charge < -0.3 is 15.2 Å². The van der Waals surface area contributed by atoms with E-state index in [1.807, 2.05) is 6.07 Å². The van der Waals surface area contributed by atoms with Crippen molar-refractivity contribution in [2.24, 2.45) is 5.41 Å². The van der Waals surface area contributed by atoms with Gasteiger partial charge in [-0.25, -0.2) is 4.79 Å². The first-order chi connectivity index (χ1) is 8.80. The van der Waals surface area contributed by atoms with Crippen LogP contribution in [-0.4, -0.2) is 29.6 Å². The number of hydrogen-bond donors (Lipinski definition) is 2. The Bertz CT molecular complexity index is 437. The van der Waals surface area contributed by atoms with Crippen LogP contribution in [0.1, 0.15) is 20.8 Å². The highest BCUT2D eigenvalue weighted by atomic mass is 16.5. The van der Waals surface area contributed by atoms with Gasteiger partial charge in [0, 0.05) is 0 Å². The normalized spacial score (nSPS) is 12.6. The summed E-state index contributed by atoms with van der Waals surface area (Å²) in [4.78, 5) is 22.8. The smallest absolute Gasteiger partial charge is 0.326 e. The number of carboxylic acid groups (broad SMARTS) is 1. The summed E-state index contributed by atoms with van der Waals surface area (Å²) in [6.45, 7) is 5.06. The molecule has 1 aromatic rings. The zero-order chi connectivity index (χ0) is 14.5. The Kier molecular flexibility index (Phi) is 4.92. The molecule has 0 radical (unpaired) electrons. The minimum Gasteiger partial charge on any atom is -0.484 e. The number of ether oxygens (including phenoxy) is 1. The van der Waals surface area contributed by atoms with Crippen molar-refractivity contribution in [2.45, 2.75) is 26.8 Å². The number of rotatable bonds is 5. The molecule has 0 heterocycles. The van der Waals surface area contributed by atoms with Gasteiger partial charge in [-0.2, -0.15) is 0 Å². The van der Waals surface area contributed by atoms with Crippen LogP contribution >= 0.6 is 0 Å². The zero-order valence-electron chi connectivity index (χ0n) is 11.3. The molecule has 1 rings (SSSR count). The number of amides is 1. The third-order valence-corrected chi connectivity index (χ3v) is 2.53. The summed E-state index contributed by atoms with van der Waals surface area (Å²) in [6.07, 6.45) is 0.